The minimum absolute atomic E-state index is 0.0794. The molecule has 0 amide bonds. The fourth-order valence-corrected chi connectivity index (χ4v) is 3.41. The number of nitriles is 1. The van der Waals surface area contributed by atoms with Crippen LogP contribution in [0, 0.1) is 22.2 Å². The van der Waals surface area contributed by atoms with E-state index in [0.29, 0.717) is 5.57 Å². The van der Waals surface area contributed by atoms with Crippen LogP contribution in [0.25, 0.3) is 0 Å². The van der Waals surface area contributed by atoms with Crippen LogP contribution < -0.4 is 0 Å². The van der Waals surface area contributed by atoms with Gasteiger partial charge in [0, 0.05) is 5.41 Å². The molecule has 1 heterocycles. The van der Waals surface area contributed by atoms with Crippen molar-refractivity contribution in [2.75, 3.05) is 0 Å². The van der Waals surface area contributed by atoms with Crippen LogP contribution in [0.15, 0.2) is 11.6 Å². The molecule has 1 aliphatic carbocycles. The van der Waals surface area contributed by atoms with Crippen LogP contribution in [0.4, 0.5) is 0 Å². The van der Waals surface area contributed by atoms with E-state index in [-0.39, 0.29) is 23.4 Å². The predicted molar refractivity (Wildman–Crippen MR) is 68.8 cm³/mol. The van der Waals surface area contributed by atoms with Crippen molar-refractivity contribution in [2.24, 2.45) is 10.8 Å². The summed E-state index contributed by atoms with van der Waals surface area (Å²) < 4.78 is 6.15. The highest BCUT2D eigenvalue weighted by Crippen LogP contribution is 2.50. The lowest BCUT2D eigenvalue weighted by atomic mass is 9.60. The van der Waals surface area contributed by atoms with Crippen LogP contribution in [-0.2, 0) is 9.53 Å². The molecule has 3 heteroatoms. The molecule has 0 unspecified atom stereocenters. The highest BCUT2D eigenvalue weighted by Gasteiger charge is 2.54. The molecule has 3 atom stereocenters. The van der Waals surface area contributed by atoms with E-state index in [1.807, 2.05) is 26.0 Å². The summed E-state index contributed by atoms with van der Waals surface area (Å²) in [5, 5.41) is 9.12. The summed E-state index contributed by atoms with van der Waals surface area (Å²) in [6.07, 6.45) is 4.93. The van der Waals surface area contributed by atoms with Crippen LogP contribution in [0.5, 0.6) is 0 Å². The highest BCUT2D eigenvalue weighted by atomic mass is 16.5. The normalized spacial score (nSPS) is 38.6. The number of ketones is 1. The number of carbonyl (C=O) groups excluding carboxylic acids is 1. The predicted octanol–water partition coefficient (Wildman–Crippen LogP) is 3.01. The third-order valence-corrected chi connectivity index (χ3v) is 4.47. The molecule has 0 aromatic heterocycles. The Bertz CT molecular complexity index is 444. The number of allylic oxidation sites excluding steroid dienone is 1. The van der Waals surface area contributed by atoms with E-state index in [1.54, 1.807) is 0 Å². The van der Waals surface area contributed by atoms with E-state index in [0.717, 1.165) is 19.3 Å². The fourth-order valence-electron chi connectivity index (χ4n) is 3.41. The second-order valence-corrected chi connectivity index (χ2v) is 6.31. The molecule has 0 spiro atoms. The van der Waals surface area contributed by atoms with Crippen LogP contribution in [-0.4, -0.2) is 18.0 Å². The summed E-state index contributed by atoms with van der Waals surface area (Å²) in [5.41, 5.74) is -0.492. The summed E-state index contributed by atoms with van der Waals surface area (Å²) in [6.45, 7) is 8.03. The van der Waals surface area contributed by atoms with Gasteiger partial charge in [0.1, 0.15) is 6.07 Å². The minimum atomic E-state index is -0.609. The van der Waals surface area contributed by atoms with Gasteiger partial charge in [-0.2, -0.15) is 5.26 Å². The van der Waals surface area contributed by atoms with E-state index < -0.39 is 5.41 Å². The largest absolute Gasteiger partial charge is 0.373 e. The number of fused-ring (bicyclic) bond motifs is 1. The second kappa shape index (κ2) is 4.20. The zero-order valence-corrected chi connectivity index (χ0v) is 11.6. The van der Waals surface area contributed by atoms with Gasteiger partial charge in [0.05, 0.1) is 23.2 Å². The molecule has 0 N–H and O–H groups in total. The maximum atomic E-state index is 12.3. The van der Waals surface area contributed by atoms with Crippen molar-refractivity contribution < 1.29 is 9.53 Å². The van der Waals surface area contributed by atoms with Crippen molar-refractivity contribution in [3.05, 3.63) is 11.6 Å². The van der Waals surface area contributed by atoms with Crippen molar-refractivity contribution >= 4 is 5.78 Å². The lowest BCUT2D eigenvalue weighted by Gasteiger charge is -2.51. The molecule has 1 aliphatic heterocycles. The molecule has 18 heavy (non-hydrogen) atoms. The van der Waals surface area contributed by atoms with Gasteiger partial charge in [-0.05, 0) is 33.1 Å². The molecule has 3 nitrogen and oxygen atoms in total. The first-order valence-corrected chi connectivity index (χ1v) is 6.68. The van der Waals surface area contributed by atoms with Gasteiger partial charge >= 0.3 is 0 Å². The van der Waals surface area contributed by atoms with Gasteiger partial charge in [0.2, 0.25) is 0 Å². The van der Waals surface area contributed by atoms with Gasteiger partial charge in [0.15, 0.2) is 5.78 Å². The van der Waals surface area contributed by atoms with E-state index >= 15 is 0 Å². The molecule has 0 saturated carbocycles. The average molecular weight is 247 g/mol. The number of ether oxygens (including phenoxy) is 1. The molecule has 0 aromatic carbocycles. The maximum Gasteiger partial charge on any atom is 0.181 e. The number of hydrogen-bond acceptors (Lipinski definition) is 3. The number of rotatable bonds is 1. The Labute approximate surface area is 109 Å². The Morgan fingerprint density at radius 3 is 2.72 bits per heavy atom. The summed E-state index contributed by atoms with van der Waals surface area (Å²) in [5.74, 6) is -0.0794. The van der Waals surface area contributed by atoms with Gasteiger partial charge in [-0.15, -0.1) is 0 Å². The number of Topliss-reactive ketones (excluding diaryl/α,β-unsaturated/α-hetero) is 1. The van der Waals surface area contributed by atoms with Crippen LogP contribution in [0.1, 0.15) is 47.0 Å². The van der Waals surface area contributed by atoms with Crippen molar-refractivity contribution in [1.29, 1.82) is 5.26 Å². The van der Waals surface area contributed by atoms with Gasteiger partial charge in [-0.1, -0.05) is 19.9 Å². The first-order chi connectivity index (χ1) is 8.35. The van der Waals surface area contributed by atoms with E-state index in [9.17, 15) is 4.79 Å². The monoisotopic (exact) mass is 247 g/mol. The first-order valence-electron chi connectivity index (χ1n) is 6.68. The van der Waals surface area contributed by atoms with Gasteiger partial charge in [-0.3, -0.25) is 4.79 Å². The SMILES string of the molecule is CC[C@@H]1CC[C@]2(C)C=C(C#N)C(=O)C(C)(C)[C@H]2O1. The van der Waals surface area contributed by atoms with Gasteiger partial charge < -0.3 is 4.74 Å². The molecule has 0 aromatic rings. The second-order valence-electron chi connectivity index (χ2n) is 6.31. The van der Waals surface area contributed by atoms with Crippen LogP contribution in [0.3, 0.4) is 0 Å². The number of nitrogens with zero attached hydrogens (tertiary/aromatic N) is 1. The zero-order valence-electron chi connectivity index (χ0n) is 11.6. The van der Waals surface area contributed by atoms with Crippen LogP contribution in [0.2, 0.25) is 0 Å². The first kappa shape index (κ1) is 13.3. The minimum Gasteiger partial charge on any atom is -0.373 e. The van der Waals surface area contributed by atoms with Crippen molar-refractivity contribution in [3.63, 3.8) is 0 Å². The molecule has 0 radical (unpaired) electrons. The maximum absolute atomic E-state index is 12.3. The van der Waals surface area contributed by atoms with Crippen molar-refractivity contribution in [3.8, 4) is 6.07 Å². The fraction of sp³-hybridized carbons (Fsp3) is 0.733. The lowest BCUT2D eigenvalue weighted by Crippen LogP contribution is -2.55. The Morgan fingerprint density at radius 1 is 1.50 bits per heavy atom. The molecular weight excluding hydrogens is 226 g/mol. The van der Waals surface area contributed by atoms with Gasteiger partial charge in [0.25, 0.3) is 0 Å². The molecule has 1 fully saturated rings. The number of carbonyl (C=O) groups is 1. The third-order valence-electron chi connectivity index (χ3n) is 4.47. The smallest absolute Gasteiger partial charge is 0.181 e. The Kier molecular flexibility index (Phi) is 3.11. The average Bonchev–Trinajstić information content (AvgIpc) is 2.34. The molecular formula is C15H21NO2. The Balaban J connectivity index is 2.45. The van der Waals surface area contributed by atoms with Crippen molar-refractivity contribution in [1.82, 2.24) is 0 Å². The summed E-state index contributed by atoms with van der Waals surface area (Å²) in [4.78, 5) is 12.3. The van der Waals surface area contributed by atoms with Gasteiger partial charge in [-0.25, -0.2) is 0 Å². The quantitative estimate of drug-likeness (QED) is 0.715. The molecule has 2 rings (SSSR count). The number of hydrogen-bond donors (Lipinski definition) is 0. The zero-order chi connectivity index (χ0) is 13.6. The third kappa shape index (κ3) is 1.80. The van der Waals surface area contributed by atoms with Crippen molar-refractivity contribution in [2.45, 2.75) is 59.2 Å². The summed E-state index contributed by atoms with van der Waals surface area (Å²) in [7, 11) is 0. The molecule has 98 valence electrons. The van der Waals surface area contributed by atoms with Crippen LogP contribution >= 0.6 is 0 Å². The topological polar surface area (TPSA) is 50.1 Å². The Morgan fingerprint density at radius 2 is 2.17 bits per heavy atom. The molecule has 0 bridgehead atoms. The summed E-state index contributed by atoms with van der Waals surface area (Å²) in [6, 6.07) is 2.05. The van der Waals surface area contributed by atoms with E-state index in [1.165, 1.54) is 0 Å². The van der Waals surface area contributed by atoms with E-state index in [2.05, 4.69) is 13.8 Å². The standard InChI is InChI=1S/C15H21NO2/c1-5-11-6-7-15(4)8-10(9-16)12(17)14(2,3)13(15)18-11/h8,11,13H,5-7H2,1-4H3/t11-,13-,15-/m1/s1. The Hall–Kier alpha value is -1.14. The van der Waals surface area contributed by atoms with E-state index in [4.69, 9.17) is 10.00 Å². The summed E-state index contributed by atoms with van der Waals surface area (Å²) >= 11 is 0. The highest BCUT2D eigenvalue weighted by molar-refractivity contribution is 6.04. The molecule has 2 aliphatic rings. The lowest BCUT2D eigenvalue weighted by molar-refractivity contribution is -0.171. The molecule has 1 saturated heterocycles.